The van der Waals surface area contributed by atoms with Crippen LogP contribution in [0.25, 0.3) is 0 Å². The lowest BCUT2D eigenvalue weighted by Gasteiger charge is -2.07. The molecule has 0 unspecified atom stereocenters. The Kier molecular flexibility index (Phi) is 3.56. The SMILES string of the molecule is Cc1[nH]ncc1CNc1c(Br)cncc1[N+](=O)[O-]. The molecule has 0 aliphatic carbocycles. The van der Waals surface area contributed by atoms with E-state index in [2.05, 4.69) is 36.4 Å². The quantitative estimate of drug-likeness (QED) is 0.667. The Balaban J connectivity index is 2.24. The van der Waals surface area contributed by atoms with Crippen LogP contribution in [0, 0.1) is 17.0 Å². The van der Waals surface area contributed by atoms with Crippen molar-refractivity contribution in [3.63, 3.8) is 0 Å². The van der Waals surface area contributed by atoms with Gasteiger partial charge in [0.2, 0.25) is 0 Å². The third-order valence-corrected chi connectivity index (χ3v) is 3.07. The van der Waals surface area contributed by atoms with Gasteiger partial charge in [-0.2, -0.15) is 5.10 Å². The van der Waals surface area contributed by atoms with Crippen LogP contribution in [0.5, 0.6) is 0 Å². The van der Waals surface area contributed by atoms with Gasteiger partial charge in [-0.05, 0) is 22.9 Å². The van der Waals surface area contributed by atoms with E-state index in [4.69, 9.17) is 0 Å². The summed E-state index contributed by atoms with van der Waals surface area (Å²) in [5.41, 5.74) is 2.23. The fourth-order valence-electron chi connectivity index (χ4n) is 1.48. The first-order chi connectivity index (χ1) is 8.59. The Morgan fingerprint density at radius 3 is 2.89 bits per heavy atom. The van der Waals surface area contributed by atoms with Crippen molar-refractivity contribution in [1.29, 1.82) is 0 Å². The van der Waals surface area contributed by atoms with Crippen LogP contribution in [-0.4, -0.2) is 20.1 Å². The van der Waals surface area contributed by atoms with Crippen LogP contribution in [0.15, 0.2) is 23.1 Å². The van der Waals surface area contributed by atoms with Crippen molar-refractivity contribution in [3.8, 4) is 0 Å². The maximum Gasteiger partial charge on any atom is 0.311 e. The summed E-state index contributed by atoms with van der Waals surface area (Å²) in [7, 11) is 0. The molecule has 0 atom stereocenters. The van der Waals surface area contributed by atoms with Crippen molar-refractivity contribution in [2.45, 2.75) is 13.5 Å². The highest BCUT2D eigenvalue weighted by atomic mass is 79.9. The van der Waals surface area contributed by atoms with Crippen LogP contribution in [0.4, 0.5) is 11.4 Å². The largest absolute Gasteiger partial charge is 0.374 e. The molecule has 94 valence electrons. The van der Waals surface area contributed by atoms with E-state index in [0.717, 1.165) is 11.3 Å². The number of nitrogens with one attached hydrogen (secondary N) is 2. The van der Waals surface area contributed by atoms with Crippen molar-refractivity contribution in [3.05, 3.63) is 44.4 Å². The molecule has 2 heterocycles. The molecule has 2 N–H and O–H groups in total. The average molecular weight is 312 g/mol. The number of hydrogen-bond donors (Lipinski definition) is 2. The highest BCUT2D eigenvalue weighted by Crippen LogP contribution is 2.31. The third-order valence-electron chi connectivity index (χ3n) is 2.47. The van der Waals surface area contributed by atoms with Gasteiger partial charge in [0, 0.05) is 24.0 Å². The second-order valence-corrected chi connectivity index (χ2v) is 4.50. The number of pyridine rings is 1. The minimum Gasteiger partial charge on any atom is -0.374 e. The predicted molar refractivity (Wildman–Crippen MR) is 69.2 cm³/mol. The second kappa shape index (κ2) is 5.13. The molecule has 0 fully saturated rings. The summed E-state index contributed by atoms with van der Waals surface area (Å²) in [5.74, 6) is 0. The molecule has 8 heteroatoms. The Morgan fingerprint density at radius 2 is 2.28 bits per heavy atom. The number of H-pyrrole nitrogens is 1. The van der Waals surface area contributed by atoms with Gasteiger partial charge in [0.1, 0.15) is 11.9 Å². The molecular weight excluding hydrogens is 302 g/mol. The number of aryl methyl sites for hydroxylation is 1. The number of nitro groups is 1. The smallest absolute Gasteiger partial charge is 0.311 e. The van der Waals surface area contributed by atoms with Gasteiger partial charge < -0.3 is 5.32 Å². The molecule has 2 rings (SSSR count). The van der Waals surface area contributed by atoms with Crippen molar-refractivity contribution in [2.24, 2.45) is 0 Å². The minimum atomic E-state index is -0.470. The van der Waals surface area contributed by atoms with E-state index >= 15 is 0 Å². The van der Waals surface area contributed by atoms with Crippen molar-refractivity contribution >= 4 is 27.3 Å². The zero-order chi connectivity index (χ0) is 13.1. The van der Waals surface area contributed by atoms with Gasteiger partial charge >= 0.3 is 5.69 Å². The molecule has 0 spiro atoms. The highest BCUT2D eigenvalue weighted by Gasteiger charge is 2.17. The Bertz CT molecular complexity index is 583. The number of rotatable bonds is 4. The maximum absolute atomic E-state index is 10.9. The van der Waals surface area contributed by atoms with Gasteiger partial charge in [0.15, 0.2) is 0 Å². The molecule has 0 aliphatic rings. The Hall–Kier alpha value is -1.96. The number of nitrogens with zero attached hydrogens (tertiary/aromatic N) is 3. The van der Waals surface area contributed by atoms with E-state index in [1.807, 2.05) is 6.92 Å². The standard InChI is InChI=1S/C10H10BrN5O2/c1-6-7(3-14-15-6)2-13-10-8(11)4-12-5-9(10)16(17)18/h3-5H,2H2,1H3,(H,12,13)(H,14,15). The van der Waals surface area contributed by atoms with Crippen molar-refractivity contribution in [2.75, 3.05) is 5.32 Å². The summed E-state index contributed by atoms with van der Waals surface area (Å²) in [4.78, 5) is 14.2. The predicted octanol–water partition coefficient (Wildman–Crippen LogP) is 2.40. The number of halogens is 1. The summed E-state index contributed by atoms with van der Waals surface area (Å²) in [6, 6.07) is 0. The molecule has 0 saturated heterocycles. The summed E-state index contributed by atoms with van der Waals surface area (Å²) < 4.78 is 0.554. The number of hydrogen-bond acceptors (Lipinski definition) is 5. The van der Waals surface area contributed by atoms with E-state index in [1.54, 1.807) is 6.20 Å². The molecule has 7 nitrogen and oxygen atoms in total. The second-order valence-electron chi connectivity index (χ2n) is 3.65. The van der Waals surface area contributed by atoms with Crippen LogP contribution in [0.3, 0.4) is 0 Å². The molecular formula is C10H10BrN5O2. The van der Waals surface area contributed by atoms with Crippen LogP contribution >= 0.6 is 15.9 Å². The first kappa shape index (κ1) is 12.5. The van der Waals surface area contributed by atoms with Gasteiger partial charge in [0.25, 0.3) is 0 Å². The molecule has 2 aromatic heterocycles. The molecule has 0 amide bonds. The van der Waals surface area contributed by atoms with E-state index in [9.17, 15) is 10.1 Å². The zero-order valence-corrected chi connectivity index (χ0v) is 11.1. The first-order valence-electron chi connectivity index (χ1n) is 5.10. The summed E-state index contributed by atoms with van der Waals surface area (Å²) >= 11 is 3.25. The Labute approximate surface area is 111 Å². The lowest BCUT2D eigenvalue weighted by atomic mass is 10.2. The van der Waals surface area contributed by atoms with Crippen LogP contribution < -0.4 is 5.32 Å². The fraction of sp³-hybridized carbons (Fsp3) is 0.200. The summed E-state index contributed by atoms with van der Waals surface area (Å²) in [6.45, 7) is 2.34. The Morgan fingerprint density at radius 1 is 1.50 bits per heavy atom. The van der Waals surface area contributed by atoms with E-state index in [0.29, 0.717) is 16.7 Å². The monoisotopic (exact) mass is 311 g/mol. The van der Waals surface area contributed by atoms with Gasteiger partial charge in [-0.3, -0.25) is 20.2 Å². The van der Waals surface area contributed by atoms with E-state index in [-0.39, 0.29) is 5.69 Å². The van der Waals surface area contributed by atoms with Crippen molar-refractivity contribution in [1.82, 2.24) is 15.2 Å². The molecule has 2 aromatic rings. The molecule has 0 aliphatic heterocycles. The topological polar surface area (TPSA) is 96.7 Å². The molecule has 0 bridgehead atoms. The normalized spacial score (nSPS) is 10.3. The summed E-state index contributed by atoms with van der Waals surface area (Å²) in [6.07, 6.45) is 4.41. The third kappa shape index (κ3) is 2.48. The van der Waals surface area contributed by atoms with Crippen LogP contribution in [-0.2, 0) is 6.54 Å². The molecule has 0 aromatic carbocycles. The van der Waals surface area contributed by atoms with E-state index in [1.165, 1.54) is 12.4 Å². The lowest BCUT2D eigenvalue weighted by Crippen LogP contribution is -2.04. The first-order valence-corrected chi connectivity index (χ1v) is 5.89. The maximum atomic E-state index is 10.9. The molecule has 18 heavy (non-hydrogen) atoms. The van der Waals surface area contributed by atoms with Crippen LogP contribution in [0.1, 0.15) is 11.3 Å². The highest BCUT2D eigenvalue weighted by molar-refractivity contribution is 9.10. The molecule has 0 saturated carbocycles. The lowest BCUT2D eigenvalue weighted by molar-refractivity contribution is -0.384. The zero-order valence-electron chi connectivity index (χ0n) is 9.48. The molecule has 0 radical (unpaired) electrons. The fourth-order valence-corrected chi connectivity index (χ4v) is 1.94. The van der Waals surface area contributed by atoms with Gasteiger partial charge in [0.05, 0.1) is 15.6 Å². The van der Waals surface area contributed by atoms with Gasteiger partial charge in [-0.1, -0.05) is 0 Å². The number of aromatic nitrogens is 3. The van der Waals surface area contributed by atoms with Gasteiger partial charge in [-0.25, -0.2) is 0 Å². The average Bonchev–Trinajstić information content (AvgIpc) is 2.73. The summed E-state index contributed by atoms with van der Waals surface area (Å²) in [5, 5.41) is 20.6. The van der Waals surface area contributed by atoms with E-state index < -0.39 is 4.92 Å². The van der Waals surface area contributed by atoms with Gasteiger partial charge in [-0.15, -0.1) is 0 Å². The minimum absolute atomic E-state index is 0.0643. The number of anilines is 1. The number of aromatic amines is 1. The van der Waals surface area contributed by atoms with Crippen molar-refractivity contribution < 1.29 is 4.92 Å². The van der Waals surface area contributed by atoms with Crippen LogP contribution in [0.2, 0.25) is 0 Å².